The maximum atomic E-state index is 5.77. The first-order valence-electron chi connectivity index (χ1n) is 3.80. The van der Waals surface area contributed by atoms with Gasteiger partial charge in [0.15, 0.2) is 0 Å². The highest BCUT2D eigenvalue weighted by Gasteiger charge is 2.00. The van der Waals surface area contributed by atoms with Crippen molar-refractivity contribution >= 4 is 7.85 Å². The quantitative estimate of drug-likeness (QED) is 0.340. The molecule has 1 heteroatoms. The number of rotatable bonds is 0. The van der Waals surface area contributed by atoms with Crippen molar-refractivity contribution < 1.29 is 0 Å². The van der Waals surface area contributed by atoms with Gasteiger partial charge in [0.2, 0.25) is 0 Å². The van der Waals surface area contributed by atoms with Gasteiger partial charge in [0, 0.05) is 0 Å². The van der Waals surface area contributed by atoms with Crippen LogP contribution in [0.1, 0.15) is 32.1 Å². The Bertz CT molecular complexity index is 96.7. The van der Waals surface area contributed by atoms with Gasteiger partial charge in [-0.25, -0.2) is 0 Å². The molecule has 1 rings (SSSR count). The maximum absolute atomic E-state index is 5.77. The molecule has 0 bridgehead atoms. The summed E-state index contributed by atoms with van der Waals surface area (Å²) in [5, 5.41) is 0. The van der Waals surface area contributed by atoms with E-state index in [-0.39, 0.29) is 0 Å². The van der Waals surface area contributed by atoms with Crippen LogP contribution in [0.3, 0.4) is 0 Å². The van der Waals surface area contributed by atoms with Crippen LogP contribution in [0.4, 0.5) is 0 Å². The summed E-state index contributed by atoms with van der Waals surface area (Å²) in [6, 6.07) is 0. The second kappa shape index (κ2) is 3.76. The molecule has 0 spiro atoms. The van der Waals surface area contributed by atoms with E-state index in [0.717, 1.165) is 0 Å². The van der Waals surface area contributed by atoms with Gasteiger partial charge in [-0.3, -0.25) is 0 Å². The fraction of sp³-hybridized carbons (Fsp3) is 0.750. The van der Waals surface area contributed by atoms with E-state index >= 15 is 0 Å². The minimum Gasteiger partial charge on any atom is -0.0886 e. The average Bonchev–Trinajstić information content (AvgIpc) is 1.79. The monoisotopic (exact) mass is 120 g/mol. The smallest absolute Gasteiger partial charge is 0.0699 e. The van der Waals surface area contributed by atoms with E-state index in [1.807, 2.05) is 0 Å². The number of hydrogen-bond acceptors (Lipinski definition) is 0. The fourth-order valence-corrected chi connectivity index (χ4v) is 1.19. The molecule has 0 nitrogen and oxygen atoms in total. The highest BCUT2D eigenvalue weighted by Crippen LogP contribution is 2.19. The van der Waals surface area contributed by atoms with E-state index in [1.54, 1.807) is 0 Å². The van der Waals surface area contributed by atoms with Crippen LogP contribution in [-0.4, -0.2) is 7.85 Å². The van der Waals surface area contributed by atoms with E-state index in [0.29, 0.717) is 5.82 Å². The average molecular weight is 120 g/mol. The molecule has 0 aromatic rings. The molecule has 0 fully saturated rings. The molecule has 0 saturated heterocycles. The van der Waals surface area contributed by atoms with Crippen LogP contribution in [0, 0.1) is 0 Å². The molecule has 0 saturated carbocycles. The van der Waals surface area contributed by atoms with Crippen molar-refractivity contribution in [2.75, 3.05) is 0 Å². The predicted octanol–water partition coefficient (Wildman–Crippen LogP) is 2.46. The standard InChI is InChI=1S/C8H13B/c9-8-6-4-2-1-3-5-7-8/h1-2,8H,3-7H2/b2-1-. The van der Waals surface area contributed by atoms with Gasteiger partial charge in [0.25, 0.3) is 0 Å². The van der Waals surface area contributed by atoms with E-state index in [1.165, 1.54) is 32.1 Å². The van der Waals surface area contributed by atoms with Crippen molar-refractivity contribution in [2.24, 2.45) is 0 Å². The Hall–Kier alpha value is -0.195. The largest absolute Gasteiger partial charge is 0.0886 e. The van der Waals surface area contributed by atoms with Crippen molar-refractivity contribution in [2.45, 2.75) is 37.9 Å². The molecule has 1 aliphatic carbocycles. The summed E-state index contributed by atoms with van der Waals surface area (Å²) >= 11 is 0. The Morgan fingerprint density at radius 1 is 1.11 bits per heavy atom. The summed E-state index contributed by atoms with van der Waals surface area (Å²) in [6.45, 7) is 0. The van der Waals surface area contributed by atoms with E-state index in [9.17, 15) is 0 Å². The lowest BCUT2D eigenvalue weighted by atomic mass is 9.79. The molecule has 0 heterocycles. The van der Waals surface area contributed by atoms with Gasteiger partial charge < -0.3 is 0 Å². The van der Waals surface area contributed by atoms with Crippen molar-refractivity contribution in [3.63, 3.8) is 0 Å². The molecule has 1 atom stereocenters. The molecule has 9 heavy (non-hydrogen) atoms. The van der Waals surface area contributed by atoms with Crippen molar-refractivity contribution in [1.82, 2.24) is 0 Å². The molecule has 2 radical (unpaired) electrons. The Labute approximate surface area is 58.8 Å². The van der Waals surface area contributed by atoms with Gasteiger partial charge in [-0.05, 0) is 12.8 Å². The Kier molecular flexibility index (Phi) is 2.89. The zero-order chi connectivity index (χ0) is 6.53. The molecule has 0 aromatic carbocycles. The van der Waals surface area contributed by atoms with Crippen molar-refractivity contribution in [3.8, 4) is 0 Å². The lowest BCUT2D eigenvalue weighted by Crippen LogP contribution is -1.93. The molecule has 1 aliphatic rings. The summed E-state index contributed by atoms with van der Waals surface area (Å²) < 4.78 is 0. The number of hydrogen-bond donors (Lipinski definition) is 0. The zero-order valence-corrected chi connectivity index (χ0v) is 5.84. The first-order valence-corrected chi connectivity index (χ1v) is 3.80. The molecule has 0 amide bonds. The van der Waals surface area contributed by atoms with E-state index in [2.05, 4.69) is 12.2 Å². The third-order valence-electron chi connectivity index (χ3n) is 1.82. The van der Waals surface area contributed by atoms with E-state index < -0.39 is 0 Å². The second-order valence-electron chi connectivity index (χ2n) is 2.74. The first kappa shape index (κ1) is 6.92. The lowest BCUT2D eigenvalue weighted by molar-refractivity contribution is 0.637. The van der Waals surface area contributed by atoms with Gasteiger partial charge in [-0.15, -0.1) is 0 Å². The molecule has 48 valence electrons. The third kappa shape index (κ3) is 2.74. The normalized spacial score (nSPS) is 32.7. The summed E-state index contributed by atoms with van der Waals surface area (Å²) in [6.07, 6.45) is 10.6. The third-order valence-corrected chi connectivity index (χ3v) is 1.82. The first-order chi connectivity index (χ1) is 4.39. The van der Waals surface area contributed by atoms with Crippen molar-refractivity contribution in [3.05, 3.63) is 12.2 Å². The Balaban J connectivity index is 2.27. The van der Waals surface area contributed by atoms with Crippen LogP contribution < -0.4 is 0 Å². The lowest BCUT2D eigenvalue weighted by Gasteiger charge is -2.10. The molecular weight excluding hydrogens is 107 g/mol. The maximum Gasteiger partial charge on any atom is 0.0699 e. The van der Waals surface area contributed by atoms with Crippen LogP contribution in [0.15, 0.2) is 12.2 Å². The highest BCUT2D eigenvalue weighted by atomic mass is 14.0. The molecule has 0 aliphatic heterocycles. The van der Waals surface area contributed by atoms with Gasteiger partial charge >= 0.3 is 0 Å². The molecular formula is C8H13B. The topological polar surface area (TPSA) is 0 Å². The van der Waals surface area contributed by atoms with Gasteiger partial charge in [-0.2, -0.15) is 0 Å². The molecule has 0 N–H and O–H groups in total. The minimum atomic E-state index is 0.468. The molecule has 1 unspecified atom stereocenters. The summed E-state index contributed by atoms with van der Waals surface area (Å²) in [4.78, 5) is 0. The highest BCUT2D eigenvalue weighted by molar-refractivity contribution is 6.11. The van der Waals surface area contributed by atoms with Gasteiger partial charge in [0.1, 0.15) is 0 Å². The van der Waals surface area contributed by atoms with Crippen LogP contribution >= 0.6 is 0 Å². The molecule has 0 aromatic heterocycles. The van der Waals surface area contributed by atoms with Crippen molar-refractivity contribution in [1.29, 1.82) is 0 Å². The summed E-state index contributed by atoms with van der Waals surface area (Å²) in [5.41, 5.74) is 0. The van der Waals surface area contributed by atoms with Crippen LogP contribution in [0.5, 0.6) is 0 Å². The van der Waals surface area contributed by atoms with Crippen LogP contribution in [0.25, 0.3) is 0 Å². The Morgan fingerprint density at radius 2 is 1.89 bits per heavy atom. The SMILES string of the molecule is [B]C1CC/C=C\CCC1. The summed E-state index contributed by atoms with van der Waals surface area (Å²) in [7, 11) is 5.77. The van der Waals surface area contributed by atoms with Gasteiger partial charge in [0.05, 0.1) is 7.85 Å². The predicted molar refractivity (Wildman–Crippen MR) is 41.7 cm³/mol. The zero-order valence-electron chi connectivity index (χ0n) is 5.84. The summed E-state index contributed by atoms with van der Waals surface area (Å²) in [5.74, 6) is 0.468. The van der Waals surface area contributed by atoms with Gasteiger partial charge in [-0.1, -0.05) is 37.2 Å². The second-order valence-corrected chi connectivity index (χ2v) is 2.74. The van der Waals surface area contributed by atoms with Crippen LogP contribution in [-0.2, 0) is 0 Å². The minimum absolute atomic E-state index is 0.468. The number of allylic oxidation sites excluding steroid dienone is 2. The fourth-order valence-electron chi connectivity index (χ4n) is 1.19. The van der Waals surface area contributed by atoms with E-state index in [4.69, 9.17) is 7.85 Å². The van der Waals surface area contributed by atoms with Crippen LogP contribution in [0.2, 0.25) is 5.82 Å². The Morgan fingerprint density at radius 3 is 2.78 bits per heavy atom.